The Kier molecular flexibility index (Phi) is 9.51. The highest BCUT2D eigenvalue weighted by molar-refractivity contribution is 7.07. The summed E-state index contributed by atoms with van der Waals surface area (Å²) in [5, 5.41) is 12.5. The third-order valence-corrected chi connectivity index (χ3v) is 8.70. The van der Waals surface area contributed by atoms with Gasteiger partial charge in [-0.05, 0) is 29.3 Å². The summed E-state index contributed by atoms with van der Waals surface area (Å²) in [6.07, 6.45) is -4.38. The van der Waals surface area contributed by atoms with Gasteiger partial charge in [0.25, 0.3) is 0 Å². The van der Waals surface area contributed by atoms with Gasteiger partial charge in [0.1, 0.15) is 24.4 Å². The molecule has 2 bridgehead atoms. The van der Waals surface area contributed by atoms with Crippen LogP contribution in [0.2, 0.25) is 0 Å². The lowest BCUT2D eigenvalue weighted by molar-refractivity contribution is -0.972. The summed E-state index contributed by atoms with van der Waals surface area (Å²) < 4.78 is 80.7. The van der Waals surface area contributed by atoms with Crippen LogP contribution in [0.5, 0.6) is 0 Å². The first-order valence-corrected chi connectivity index (χ1v) is 14.1. The number of fused-ring (bicyclic) bond motifs is 3. The molecular formula is C29H28F6N2O4S. The summed E-state index contributed by atoms with van der Waals surface area (Å²) in [6.45, 7) is 4.94. The van der Waals surface area contributed by atoms with Crippen molar-refractivity contribution in [3.63, 3.8) is 0 Å². The molecule has 2 aromatic carbocycles. The highest BCUT2D eigenvalue weighted by atomic mass is 32.1. The van der Waals surface area contributed by atoms with Crippen LogP contribution in [0.4, 0.5) is 36.8 Å². The van der Waals surface area contributed by atoms with E-state index in [-0.39, 0.29) is 30.3 Å². The van der Waals surface area contributed by atoms with Crippen LogP contribution in [0.3, 0.4) is 0 Å². The summed E-state index contributed by atoms with van der Waals surface area (Å²) in [5.74, 6) is -6.29. The summed E-state index contributed by atoms with van der Waals surface area (Å²) in [7, 11) is 0. The molecule has 3 aliphatic heterocycles. The SMILES string of the molecule is CC(c1ccccc1)[N+]12CCC(CC1)[C@@H](OC(=O)N(Cc1ccsc1)c1cc(F)c(F)cc1F)C2.O=C([O-])C(F)(F)F. The van der Waals surface area contributed by atoms with Gasteiger partial charge in [0, 0.05) is 36.5 Å². The molecule has 3 aliphatic rings. The molecule has 3 saturated heterocycles. The number of anilines is 1. The van der Waals surface area contributed by atoms with Crippen molar-refractivity contribution in [1.82, 2.24) is 0 Å². The number of alkyl halides is 3. The maximum atomic E-state index is 14.7. The van der Waals surface area contributed by atoms with Crippen molar-refractivity contribution in [2.24, 2.45) is 5.92 Å². The Morgan fingerprint density at radius 3 is 2.24 bits per heavy atom. The van der Waals surface area contributed by atoms with E-state index < -0.39 is 35.7 Å². The molecule has 4 heterocycles. The second kappa shape index (κ2) is 12.7. The summed E-state index contributed by atoms with van der Waals surface area (Å²) in [4.78, 5) is 23.3. The Labute approximate surface area is 242 Å². The molecule has 13 heteroatoms. The molecule has 2 atom stereocenters. The molecule has 3 aromatic rings. The Morgan fingerprint density at radius 2 is 1.67 bits per heavy atom. The van der Waals surface area contributed by atoms with E-state index in [0.29, 0.717) is 12.6 Å². The molecule has 6 nitrogen and oxygen atoms in total. The van der Waals surface area contributed by atoms with Crippen LogP contribution in [0, 0.1) is 23.4 Å². The zero-order valence-corrected chi connectivity index (χ0v) is 23.3. The van der Waals surface area contributed by atoms with E-state index in [9.17, 15) is 31.1 Å². The van der Waals surface area contributed by atoms with Crippen molar-refractivity contribution in [2.45, 2.75) is 44.6 Å². The van der Waals surface area contributed by atoms with Gasteiger partial charge in [-0.15, -0.1) is 0 Å². The van der Waals surface area contributed by atoms with Crippen molar-refractivity contribution >= 4 is 29.1 Å². The van der Waals surface area contributed by atoms with Crippen molar-refractivity contribution in [1.29, 1.82) is 0 Å². The number of thiophene rings is 1. The van der Waals surface area contributed by atoms with Gasteiger partial charge in [0.2, 0.25) is 0 Å². The van der Waals surface area contributed by atoms with E-state index in [2.05, 4.69) is 19.1 Å². The molecule has 1 amide bonds. The standard InChI is InChI=1S/C27H28F3N2O2S.C2HF3O2/c1-18(20-5-3-2-4-6-20)32-10-7-21(8-11-32)26(16-32)34-27(33)31(15-19-9-12-35-17-19)25-14-23(29)22(28)13-24(25)30;3-2(4,5)1(6)7/h2-6,9,12-14,17-18,21,26H,7-8,10-11,15-16H2,1H3;(H,6,7)/q+1;/p-1/t18?,21?,26-,32?;/m0./s1. The first-order chi connectivity index (χ1) is 19.8. The number of piperidine rings is 3. The zero-order valence-electron chi connectivity index (χ0n) is 22.5. The fourth-order valence-electron chi connectivity index (χ4n) is 5.62. The lowest BCUT2D eigenvalue weighted by atomic mass is 9.81. The van der Waals surface area contributed by atoms with Crippen LogP contribution in [0.1, 0.15) is 36.9 Å². The molecule has 3 fully saturated rings. The van der Waals surface area contributed by atoms with Crippen molar-refractivity contribution in [3.05, 3.63) is 87.9 Å². The first kappa shape index (κ1) is 31.4. The van der Waals surface area contributed by atoms with Gasteiger partial charge in [-0.2, -0.15) is 24.5 Å². The third kappa shape index (κ3) is 7.06. The van der Waals surface area contributed by atoms with E-state index in [1.807, 2.05) is 29.0 Å². The second-order valence-electron chi connectivity index (χ2n) is 10.4. The number of amides is 1. The largest absolute Gasteiger partial charge is 0.542 e. The smallest absolute Gasteiger partial charge is 0.430 e. The Balaban J connectivity index is 0.000000517. The number of quaternary nitrogens is 1. The lowest BCUT2D eigenvalue weighted by Gasteiger charge is -2.55. The molecule has 1 aromatic heterocycles. The minimum Gasteiger partial charge on any atom is -0.542 e. The van der Waals surface area contributed by atoms with Crippen molar-refractivity contribution in [3.8, 4) is 0 Å². The van der Waals surface area contributed by atoms with Gasteiger partial charge >= 0.3 is 12.3 Å². The number of ether oxygens (including phenoxy) is 1. The third-order valence-electron chi connectivity index (χ3n) is 7.97. The molecule has 226 valence electrons. The van der Waals surface area contributed by atoms with Crippen LogP contribution < -0.4 is 10.0 Å². The molecule has 0 saturated carbocycles. The normalized spacial score (nSPS) is 22.1. The van der Waals surface area contributed by atoms with Gasteiger partial charge in [-0.25, -0.2) is 18.0 Å². The fourth-order valence-corrected chi connectivity index (χ4v) is 6.28. The number of rotatable bonds is 6. The van der Waals surface area contributed by atoms with Crippen molar-refractivity contribution in [2.75, 3.05) is 24.5 Å². The number of carboxylic acids is 1. The number of benzene rings is 2. The number of carboxylic acid groups (broad SMARTS) is 1. The topological polar surface area (TPSA) is 69.7 Å². The Bertz CT molecular complexity index is 1380. The fraction of sp³-hybridized carbons (Fsp3) is 0.379. The van der Waals surface area contributed by atoms with E-state index >= 15 is 0 Å². The number of hydrogen-bond donors (Lipinski definition) is 0. The van der Waals surface area contributed by atoms with Gasteiger partial charge in [-0.1, -0.05) is 30.3 Å². The number of halogens is 6. The number of carbonyl (C=O) groups is 2. The molecule has 0 aliphatic carbocycles. The summed E-state index contributed by atoms with van der Waals surface area (Å²) >= 11 is 1.44. The zero-order chi connectivity index (χ0) is 30.7. The maximum Gasteiger partial charge on any atom is 0.430 e. The number of nitrogens with zero attached hydrogens (tertiary/aromatic N) is 2. The average molecular weight is 615 g/mol. The highest BCUT2D eigenvalue weighted by Crippen LogP contribution is 2.42. The van der Waals surface area contributed by atoms with Crippen LogP contribution in [0.15, 0.2) is 59.3 Å². The van der Waals surface area contributed by atoms with E-state index in [0.717, 1.165) is 46.9 Å². The van der Waals surface area contributed by atoms with Crippen LogP contribution in [0.25, 0.3) is 0 Å². The molecule has 0 spiro atoms. The maximum absolute atomic E-state index is 14.7. The first-order valence-electron chi connectivity index (χ1n) is 13.1. The van der Waals surface area contributed by atoms with Gasteiger partial charge < -0.3 is 19.1 Å². The van der Waals surface area contributed by atoms with Crippen molar-refractivity contribution < 1.29 is 50.3 Å². The highest BCUT2D eigenvalue weighted by Gasteiger charge is 2.50. The number of carbonyl (C=O) groups excluding carboxylic acids is 2. The summed E-state index contributed by atoms with van der Waals surface area (Å²) in [6, 6.07) is 13.6. The monoisotopic (exact) mass is 614 g/mol. The second-order valence-corrected chi connectivity index (χ2v) is 11.2. The van der Waals surface area contributed by atoms with Gasteiger partial charge in [-0.3, -0.25) is 4.90 Å². The Hall–Kier alpha value is -3.58. The lowest BCUT2D eigenvalue weighted by Crippen LogP contribution is -2.65. The summed E-state index contributed by atoms with van der Waals surface area (Å²) in [5.41, 5.74) is 1.68. The van der Waals surface area contributed by atoms with E-state index in [1.54, 1.807) is 6.07 Å². The van der Waals surface area contributed by atoms with Crippen LogP contribution >= 0.6 is 11.3 Å². The molecule has 42 heavy (non-hydrogen) atoms. The molecular weight excluding hydrogens is 586 g/mol. The minimum absolute atomic E-state index is 0.00211. The number of hydrogen-bond acceptors (Lipinski definition) is 5. The predicted molar refractivity (Wildman–Crippen MR) is 141 cm³/mol. The minimum atomic E-state index is -5.19. The van der Waals surface area contributed by atoms with Crippen LogP contribution in [-0.4, -0.2) is 48.5 Å². The average Bonchev–Trinajstić information content (AvgIpc) is 3.48. The van der Waals surface area contributed by atoms with Gasteiger partial charge in [0.05, 0.1) is 25.3 Å². The molecule has 0 radical (unpaired) electrons. The number of aliphatic carboxylic acids is 1. The quantitative estimate of drug-likeness (QED) is 0.195. The van der Waals surface area contributed by atoms with Crippen LogP contribution in [-0.2, 0) is 16.1 Å². The van der Waals surface area contributed by atoms with E-state index in [1.165, 1.54) is 16.9 Å². The Morgan fingerprint density at radius 1 is 1.05 bits per heavy atom. The predicted octanol–water partition coefficient (Wildman–Crippen LogP) is 5.98. The molecule has 1 unspecified atom stereocenters. The van der Waals surface area contributed by atoms with Gasteiger partial charge in [0.15, 0.2) is 17.7 Å². The molecule has 6 rings (SSSR count). The molecule has 0 N–H and O–H groups in total. The van der Waals surface area contributed by atoms with E-state index in [4.69, 9.17) is 14.6 Å².